The molecule has 0 bridgehead atoms. The average molecular weight is 118 g/mol. The molecule has 0 aliphatic rings. The monoisotopic (exact) mass is 118 g/mol. The van der Waals surface area contributed by atoms with E-state index in [0.29, 0.717) is 6.67 Å². The minimum Gasteiger partial charge on any atom is -0.385 e. The van der Waals surface area contributed by atoms with Crippen LogP contribution in [0.5, 0.6) is 0 Å². The summed E-state index contributed by atoms with van der Waals surface area (Å²) in [5, 5.41) is 2.98. The van der Waals surface area contributed by atoms with Crippen molar-refractivity contribution in [1.82, 2.24) is 5.32 Å². The van der Waals surface area contributed by atoms with E-state index < -0.39 is 0 Å². The Hall–Kier alpha value is -0.120. The van der Waals surface area contributed by atoms with Crippen molar-refractivity contribution < 1.29 is 4.74 Å². The van der Waals surface area contributed by atoms with E-state index in [1.807, 2.05) is 0 Å². The molecule has 0 aromatic carbocycles. The van der Waals surface area contributed by atoms with Gasteiger partial charge in [-0.3, -0.25) is 0 Å². The normalized spacial score (nSPS) is 9.75. The maximum Gasteiger partial charge on any atom is 0.0474 e. The summed E-state index contributed by atoms with van der Waals surface area (Å²) in [5.74, 6) is 0. The zero-order chi connectivity index (χ0) is 6.24. The smallest absolute Gasteiger partial charge is 0.0474 e. The van der Waals surface area contributed by atoms with Crippen LogP contribution >= 0.6 is 0 Å². The Morgan fingerprint density at radius 1 is 1.62 bits per heavy atom. The first-order valence-electron chi connectivity index (χ1n) is 2.81. The summed E-state index contributed by atoms with van der Waals surface area (Å²) < 4.78 is 4.81. The van der Waals surface area contributed by atoms with Crippen LogP contribution in [0.15, 0.2) is 0 Å². The summed E-state index contributed by atoms with van der Waals surface area (Å²) in [6.07, 6.45) is 1.04. The van der Waals surface area contributed by atoms with E-state index in [4.69, 9.17) is 10.5 Å². The number of nitrogens with one attached hydrogen (secondary N) is 1. The Labute approximate surface area is 50.2 Å². The molecule has 0 aromatic heterocycles. The lowest BCUT2D eigenvalue weighted by Gasteiger charge is -1.98. The van der Waals surface area contributed by atoms with Gasteiger partial charge in [-0.1, -0.05) is 0 Å². The summed E-state index contributed by atoms with van der Waals surface area (Å²) in [5.41, 5.74) is 5.16. The molecule has 0 aliphatic carbocycles. The molecule has 0 rings (SSSR count). The Bertz CT molecular complexity index is 35.4. The Kier molecular flexibility index (Phi) is 6.78. The zero-order valence-corrected chi connectivity index (χ0v) is 5.31. The zero-order valence-electron chi connectivity index (χ0n) is 5.31. The quantitative estimate of drug-likeness (QED) is 0.379. The Balaban J connectivity index is 2.53. The van der Waals surface area contributed by atoms with E-state index in [9.17, 15) is 0 Å². The molecule has 3 heteroatoms. The lowest BCUT2D eigenvalue weighted by molar-refractivity contribution is 0.194. The molecule has 3 nitrogen and oxygen atoms in total. The minimum atomic E-state index is 0.559. The van der Waals surface area contributed by atoms with Crippen LogP contribution in [0.1, 0.15) is 6.42 Å². The van der Waals surface area contributed by atoms with Crippen LogP contribution in [0.3, 0.4) is 0 Å². The maximum absolute atomic E-state index is 5.16. The van der Waals surface area contributed by atoms with Crippen LogP contribution in [0.25, 0.3) is 0 Å². The van der Waals surface area contributed by atoms with Gasteiger partial charge in [0.15, 0.2) is 0 Å². The number of nitrogens with two attached hydrogens (primary N) is 1. The molecule has 0 atom stereocenters. The van der Waals surface area contributed by atoms with Crippen LogP contribution in [-0.2, 0) is 4.74 Å². The first-order valence-corrected chi connectivity index (χ1v) is 2.81. The number of hydrogen-bond acceptors (Lipinski definition) is 3. The van der Waals surface area contributed by atoms with E-state index >= 15 is 0 Å². The van der Waals surface area contributed by atoms with Crippen molar-refractivity contribution in [2.24, 2.45) is 5.73 Å². The molecule has 0 fully saturated rings. The van der Waals surface area contributed by atoms with Crippen LogP contribution < -0.4 is 11.1 Å². The molecule has 0 unspecified atom stereocenters. The van der Waals surface area contributed by atoms with Crippen molar-refractivity contribution in [3.05, 3.63) is 0 Å². The number of ether oxygens (including phenoxy) is 1. The maximum atomic E-state index is 5.16. The summed E-state index contributed by atoms with van der Waals surface area (Å²) in [4.78, 5) is 0. The first kappa shape index (κ1) is 7.88. The van der Waals surface area contributed by atoms with Crippen molar-refractivity contribution in [3.8, 4) is 0 Å². The molecule has 0 amide bonds. The molecule has 0 spiro atoms. The average Bonchev–Trinajstić information content (AvgIpc) is 1.81. The highest BCUT2D eigenvalue weighted by atomic mass is 16.5. The second-order valence-corrected chi connectivity index (χ2v) is 1.55. The molecule has 8 heavy (non-hydrogen) atoms. The molecule has 0 aromatic rings. The van der Waals surface area contributed by atoms with Gasteiger partial charge in [0.2, 0.25) is 0 Å². The van der Waals surface area contributed by atoms with E-state index in [2.05, 4.69) is 5.32 Å². The van der Waals surface area contributed by atoms with Crippen molar-refractivity contribution in [2.75, 3.05) is 26.9 Å². The highest BCUT2D eigenvalue weighted by molar-refractivity contribution is 4.40. The second-order valence-electron chi connectivity index (χ2n) is 1.55. The van der Waals surface area contributed by atoms with Gasteiger partial charge in [-0.05, 0) is 13.0 Å². The van der Waals surface area contributed by atoms with Gasteiger partial charge in [-0.15, -0.1) is 0 Å². The second kappa shape index (κ2) is 6.88. The highest BCUT2D eigenvalue weighted by Crippen LogP contribution is 1.74. The molecule has 0 saturated heterocycles. The van der Waals surface area contributed by atoms with Crippen molar-refractivity contribution in [2.45, 2.75) is 6.42 Å². The van der Waals surface area contributed by atoms with Gasteiger partial charge in [0, 0.05) is 20.4 Å². The van der Waals surface area contributed by atoms with Crippen molar-refractivity contribution in [3.63, 3.8) is 0 Å². The van der Waals surface area contributed by atoms with Crippen molar-refractivity contribution in [1.29, 1.82) is 0 Å². The standard InChI is InChI=1S/C5H14N2O/c1-8-4-2-3-7-5-6/h7H,2-6H2,1H3. The van der Waals surface area contributed by atoms with Gasteiger partial charge in [-0.25, -0.2) is 0 Å². The Morgan fingerprint density at radius 2 is 2.38 bits per heavy atom. The number of hydrogen-bond donors (Lipinski definition) is 2. The summed E-state index contributed by atoms with van der Waals surface area (Å²) in [6.45, 7) is 2.32. The third-order valence-electron chi connectivity index (χ3n) is 0.846. The van der Waals surface area contributed by atoms with Crippen LogP contribution in [0.4, 0.5) is 0 Å². The molecular weight excluding hydrogens is 104 g/mol. The van der Waals surface area contributed by atoms with Gasteiger partial charge < -0.3 is 15.8 Å². The molecule has 0 saturated carbocycles. The first-order chi connectivity index (χ1) is 3.91. The topological polar surface area (TPSA) is 47.3 Å². The number of rotatable bonds is 5. The van der Waals surface area contributed by atoms with E-state index in [1.54, 1.807) is 7.11 Å². The lowest BCUT2D eigenvalue weighted by Crippen LogP contribution is -2.23. The third kappa shape index (κ3) is 5.88. The summed E-state index contributed by atoms with van der Waals surface area (Å²) >= 11 is 0. The van der Waals surface area contributed by atoms with E-state index in [1.165, 1.54) is 0 Å². The van der Waals surface area contributed by atoms with Crippen LogP contribution in [0, 0.1) is 0 Å². The fourth-order valence-corrected chi connectivity index (χ4v) is 0.444. The fraction of sp³-hybridized carbons (Fsp3) is 1.00. The third-order valence-corrected chi connectivity index (χ3v) is 0.846. The Morgan fingerprint density at radius 3 is 2.88 bits per heavy atom. The van der Waals surface area contributed by atoms with Gasteiger partial charge in [0.25, 0.3) is 0 Å². The van der Waals surface area contributed by atoms with E-state index in [0.717, 1.165) is 19.6 Å². The molecule has 50 valence electrons. The van der Waals surface area contributed by atoms with Crippen LogP contribution in [0.2, 0.25) is 0 Å². The molecule has 0 aliphatic heterocycles. The van der Waals surface area contributed by atoms with Crippen molar-refractivity contribution >= 4 is 0 Å². The minimum absolute atomic E-state index is 0.559. The predicted octanol–water partition coefficient (Wildman–Crippen LogP) is -0.471. The SMILES string of the molecule is COCCCNCN. The van der Waals surface area contributed by atoms with Gasteiger partial charge in [0.1, 0.15) is 0 Å². The molecular formula is C5H14N2O. The van der Waals surface area contributed by atoms with E-state index in [-0.39, 0.29) is 0 Å². The highest BCUT2D eigenvalue weighted by Gasteiger charge is 1.81. The predicted molar refractivity (Wildman–Crippen MR) is 33.6 cm³/mol. The van der Waals surface area contributed by atoms with Gasteiger partial charge in [-0.2, -0.15) is 0 Å². The largest absolute Gasteiger partial charge is 0.385 e. The summed E-state index contributed by atoms with van der Waals surface area (Å²) in [6, 6.07) is 0. The summed E-state index contributed by atoms with van der Waals surface area (Å²) in [7, 11) is 1.70. The number of methoxy groups -OCH3 is 1. The van der Waals surface area contributed by atoms with Crippen LogP contribution in [-0.4, -0.2) is 26.9 Å². The molecule has 0 radical (unpaired) electrons. The molecule has 3 N–H and O–H groups in total. The fourth-order valence-electron chi connectivity index (χ4n) is 0.444. The van der Waals surface area contributed by atoms with Gasteiger partial charge in [0.05, 0.1) is 0 Å². The molecule has 0 heterocycles. The lowest BCUT2D eigenvalue weighted by atomic mass is 10.4. The van der Waals surface area contributed by atoms with Gasteiger partial charge >= 0.3 is 0 Å².